The van der Waals surface area contributed by atoms with Crippen LogP contribution in [0.5, 0.6) is 0 Å². The quantitative estimate of drug-likeness (QED) is 0.841. The highest BCUT2D eigenvalue weighted by Crippen LogP contribution is 2.21. The lowest BCUT2D eigenvalue weighted by Gasteiger charge is -2.21. The maximum absolute atomic E-state index is 12.2. The third kappa shape index (κ3) is 2.99. The van der Waals surface area contributed by atoms with Crippen LogP contribution in [0.4, 0.5) is 0 Å². The molecule has 0 atom stereocenters. The van der Waals surface area contributed by atoms with Gasteiger partial charge in [0.1, 0.15) is 4.75 Å². The summed E-state index contributed by atoms with van der Waals surface area (Å²) in [5, 5.41) is 0. The molecule has 1 aromatic rings. The Kier molecular flexibility index (Phi) is 4.01. The molecule has 0 aliphatic carbocycles. The van der Waals surface area contributed by atoms with Crippen LogP contribution in [0.1, 0.15) is 30.5 Å². The molecule has 3 nitrogen and oxygen atoms in total. The molecule has 0 fully saturated rings. The summed E-state index contributed by atoms with van der Waals surface area (Å²) in [5.74, 6) is -0.265. The molecule has 0 saturated heterocycles. The summed E-state index contributed by atoms with van der Waals surface area (Å²) >= 11 is 0. The van der Waals surface area contributed by atoms with Gasteiger partial charge in [-0.2, -0.15) is 0 Å². The van der Waals surface area contributed by atoms with Crippen molar-refractivity contribution in [3.05, 3.63) is 34.9 Å². The van der Waals surface area contributed by atoms with E-state index in [2.05, 4.69) is 0 Å². The van der Waals surface area contributed by atoms with Crippen molar-refractivity contribution in [3.8, 4) is 0 Å². The predicted molar refractivity (Wildman–Crippen MR) is 73.5 cm³/mol. The van der Waals surface area contributed by atoms with Crippen LogP contribution in [0.25, 0.3) is 0 Å². The first-order valence-electron chi connectivity index (χ1n) is 5.84. The van der Waals surface area contributed by atoms with Gasteiger partial charge in [0.25, 0.3) is 0 Å². The Bertz CT molecular complexity index is 569. The summed E-state index contributed by atoms with van der Waals surface area (Å²) in [5.41, 5.74) is 2.98. The average Bonchev–Trinajstić information content (AvgIpc) is 2.21. The zero-order chi connectivity index (χ0) is 14.1. The van der Waals surface area contributed by atoms with Crippen molar-refractivity contribution >= 4 is 15.6 Å². The number of carbonyl (C=O) groups excluding carboxylic acids is 1. The van der Waals surface area contributed by atoms with E-state index >= 15 is 0 Å². The highest BCUT2D eigenvalue weighted by atomic mass is 32.2. The molecule has 0 N–H and O–H groups in total. The van der Waals surface area contributed by atoms with Gasteiger partial charge in [0.15, 0.2) is 15.6 Å². The third-order valence-corrected chi connectivity index (χ3v) is 5.54. The number of rotatable bonds is 4. The number of Topliss-reactive ketones (excluding diaryl/α,β-unsaturated/α-hetero) is 1. The molecule has 0 saturated carbocycles. The highest BCUT2D eigenvalue weighted by molar-refractivity contribution is 7.92. The molecule has 18 heavy (non-hydrogen) atoms. The third-order valence-electron chi connectivity index (χ3n) is 3.45. The molecule has 0 aliphatic rings. The van der Waals surface area contributed by atoms with E-state index in [9.17, 15) is 13.2 Å². The number of aryl methyl sites for hydroxylation is 2. The van der Waals surface area contributed by atoms with Gasteiger partial charge in [-0.25, -0.2) is 8.42 Å². The molecule has 0 amide bonds. The smallest absolute Gasteiger partial charge is 0.159 e. The van der Waals surface area contributed by atoms with Crippen molar-refractivity contribution < 1.29 is 13.2 Å². The van der Waals surface area contributed by atoms with Crippen LogP contribution in [0.3, 0.4) is 0 Å². The Morgan fingerprint density at radius 1 is 1.22 bits per heavy atom. The second-order valence-corrected chi connectivity index (χ2v) is 7.88. The van der Waals surface area contributed by atoms with Crippen molar-refractivity contribution in [3.63, 3.8) is 0 Å². The van der Waals surface area contributed by atoms with Crippen molar-refractivity contribution in [1.82, 2.24) is 0 Å². The fraction of sp³-hybridized carbons (Fsp3) is 0.500. The SMILES string of the molecule is Cc1ccc(C)c(CC(=O)C(C)(C)S(C)(=O)=O)c1. The molecule has 0 heterocycles. The topological polar surface area (TPSA) is 51.2 Å². The molecule has 1 aromatic carbocycles. The Hall–Kier alpha value is -1.16. The maximum Gasteiger partial charge on any atom is 0.159 e. The van der Waals surface area contributed by atoms with Crippen LogP contribution < -0.4 is 0 Å². The minimum Gasteiger partial charge on any atom is -0.298 e. The van der Waals surface area contributed by atoms with Gasteiger partial charge in [0, 0.05) is 12.7 Å². The summed E-state index contributed by atoms with van der Waals surface area (Å²) in [6.45, 7) is 6.82. The van der Waals surface area contributed by atoms with E-state index in [0.29, 0.717) is 0 Å². The van der Waals surface area contributed by atoms with Gasteiger partial charge in [-0.15, -0.1) is 0 Å². The fourth-order valence-electron chi connectivity index (χ4n) is 1.58. The monoisotopic (exact) mass is 268 g/mol. The van der Waals surface area contributed by atoms with Crippen molar-refractivity contribution in [2.45, 2.75) is 38.9 Å². The number of sulfone groups is 1. The van der Waals surface area contributed by atoms with Gasteiger partial charge < -0.3 is 0 Å². The molecule has 0 radical (unpaired) electrons. The molecule has 100 valence electrons. The molecular weight excluding hydrogens is 248 g/mol. The first-order valence-corrected chi connectivity index (χ1v) is 7.74. The second kappa shape index (κ2) is 4.84. The van der Waals surface area contributed by atoms with Gasteiger partial charge in [-0.3, -0.25) is 4.79 Å². The van der Waals surface area contributed by atoms with E-state index in [1.165, 1.54) is 13.8 Å². The second-order valence-electron chi connectivity index (χ2n) is 5.31. The maximum atomic E-state index is 12.2. The zero-order valence-electron chi connectivity index (χ0n) is 11.6. The molecular formula is C14H20O3S. The standard InChI is InChI=1S/C14H20O3S/c1-10-6-7-11(2)12(8-10)9-13(15)14(3,4)18(5,16)17/h6-8H,9H2,1-5H3. The molecule has 4 heteroatoms. The fourth-order valence-corrected chi connectivity index (χ4v) is 2.07. The van der Waals surface area contributed by atoms with E-state index in [0.717, 1.165) is 22.9 Å². The van der Waals surface area contributed by atoms with Crippen molar-refractivity contribution in [2.24, 2.45) is 0 Å². The summed E-state index contributed by atoms with van der Waals surface area (Å²) in [6.07, 6.45) is 1.27. The van der Waals surface area contributed by atoms with E-state index in [1.807, 2.05) is 32.0 Å². The van der Waals surface area contributed by atoms with E-state index < -0.39 is 14.6 Å². The van der Waals surface area contributed by atoms with E-state index in [-0.39, 0.29) is 12.2 Å². The molecule has 0 spiro atoms. The average molecular weight is 268 g/mol. The summed E-state index contributed by atoms with van der Waals surface area (Å²) in [7, 11) is -3.39. The molecule has 0 aliphatic heterocycles. The van der Waals surface area contributed by atoms with Crippen molar-refractivity contribution in [1.29, 1.82) is 0 Å². The Balaban J connectivity index is 3.06. The van der Waals surface area contributed by atoms with Gasteiger partial charge in [-0.1, -0.05) is 23.8 Å². The summed E-state index contributed by atoms with van der Waals surface area (Å²) in [6, 6.07) is 5.86. The van der Waals surface area contributed by atoms with Gasteiger partial charge >= 0.3 is 0 Å². The summed E-state index contributed by atoms with van der Waals surface area (Å²) < 4.78 is 21.9. The lowest BCUT2D eigenvalue weighted by Crippen LogP contribution is -2.41. The van der Waals surface area contributed by atoms with Crippen molar-refractivity contribution in [2.75, 3.05) is 6.26 Å². The first kappa shape index (κ1) is 14.9. The molecule has 0 unspecified atom stereocenters. The van der Waals surface area contributed by atoms with E-state index in [4.69, 9.17) is 0 Å². The Labute approximate surface area is 109 Å². The summed E-state index contributed by atoms with van der Waals surface area (Å²) in [4.78, 5) is 12.2. The Morgan fingerprint density at radius 2 is 1.78 bits per heavy atom. The van der Waals surface area contributed by atoms with Crippen LogP contribution in [-0.2, 0) is 21.1 Å². The first-order chi connectivity index (χ1) is 8.05. The van der Waals surface area contributed by atoms with E-state index in [1.54, 1.807) is 0 Å². The van der Waals surface area contributed by atoms with Gasteiger partial charge in [0.2, 0.25) is 0 Å². The van der Waals surface area contributed by atoms with Crippen LogP contribution in [0.2, 0.25) is 0 Å². The van der Waals surface area contributed by atoms with Gasteiger partial charge in [-0.05, 0) is 38.8 Å². The van der Waals surface area contributed by atoms with Crippen LogP contribution in [0, 0.1) is 13.8 Å². The Morgan fingerprint density at radius 3 is 2.28 bits per heavy atom. The minimum absolute atomic E-state index is 0.160. The molecule has 0 aromatic heterocycles. The lowest BCUT2D eigenvalue weighted by molar-refractivity contribution is -0.120. The van der Waals surface area contributed by atoms with Crippen LogP contribution >= 0.6 is 0 Å². The zero-order valence-corrected chi connectivity index (χ0v) is 12.4. The molecule has 0 bridgehead atoms. The van der Waals surface area contributed by atoms with Crippen LogP contribution in [0.15, 0.2) is 18.2 Å². The van der Waals surface area contributed by atoms with Gasteiger partial charge in [0.05, 0.1) is 0 Å². The van der Waals surface area contributed by atoms with Crippen LogP contribution in [-0.4, -0.2) is 25.2 Å². The molecule has 1 rings (SSSR count). The normalized spacial score (nSPS) is 12.5. The largest absolute Gasteiger partial charge is 0.298 e. The number of hydrogen-bond acceptors (Lipinski definition) is 3. The number of ketones is 1. The lowest BCUT2D eigenvalue weighted by atomic mass is 9.96. The number of benzene rings is 1. The predicted octanol–water partition coefficient (Wildman–Crippen LogP) is 2.24. The number of hydrogen-bond donors (Lipinski definition) is 0. The number of carbonyl (C=O) groups is 1. The minimum atomic E-state index is -3.39. The highest BCUT2D eigenvalue weighted by Gasteiger charge is 2.37.